The number of pyridine rings is 1. The molecule has 2 heterocycles. The lowest BCUT2D eigenvalue weighted by Crippen LogP contribution is -2.09. The van der Waals surface area contributed by atoms with Crippen LogP contribution in [0.25, 0.3) is 11.4 Å². The zero-order valence-corrected chi connectivity index (χ0v) is 8.51. The van der Waals surface area contributed by atoms with Crippen LogP contribution in [0.5, 0.6) is 0 Å². The van der Waals surface area contributed by atoms with Gasteiger partial charge >= 0.3 is 0 Å². The van der Waals surface area contributed by atoms with E-state index in [4.69, 9.17) is 0 Å². The lowest BCUT2D eigenvalue weighted by atomic mass is 10.2. The summed E-state index contributed by atoms with van der Waals surface area (Å²) in [6.07, 6.45) is 5.35. The van der Waals surface area contributed by atoms with Gasteiger partial charge < -0.3 is 5.32 Å². The summed E-state index contributed by atoms with van der Waals surface area (Å²) in [6, 6.07) is 5.71. The maximum absolute atomic E-state index is 4.28. The zero-order valence-electron chi connectivity index (χ0n) is 8.51. The van der Waals surface area contributed by atoms with Gasteiger partial charge in [-0.15, -0.1) is 0 Å². The molecule has 15 heavy (non-hydrogen) atoms. The number of hydrogen-bond donors (Lipinski definition) is 1. The molecular formula is C11H12N4. The average molecular weight is 200 g/mol. The van der Waals surface area contributed by atoms with Gasteiger partial charge in [0, 0.05) is 25.6 Å². The standard InChI is InChI=1S/C11H12N4/c1-9(12-2)11-10(5-3-6-13-11)15-8-4-7-14-15/h3-8,12H,1H2,2H3. The van der Waals surface area contributed by atoms with Crippen molar-refractivity contribution in [3.8, 4) is 5.69 Å². The third-order valence-electron chi connectivity index (χ3n) is 2.13. The van der Waals surface area contributed by atoms with Crippen molar-refractivity contribution >= 4 is 5.70 Å². The minimum atomic E-state index is 0.779. The van der Waals surface area contributed by atoms with Crippen LogP contribution < -0.4 is 5.32 Å². The van der Waals surface area contributed by atoms with E-state index in [0.717, 1.165) is 17.1 Å². The number of aromatic nitrogens is 3. The molecule has 2 rings (SSSR count). The molecule has 0 aliphatic rings. The first kappa shape index (κ1) is 9.45. The second-order valence-corrected chi connectivity index (χ2v) is 3.05. The lowest BCUT2D eigenvalue weighted by molar-refractivity contribution is 0.865. The number of nitrogens with zero attached hydrogens (tertiary/aromatic N) is 3. The summed E-state index contributed by atoms with van der Waals surface area (Å²) >= 11 is 0. The van der Waals surface area contributed by atoms with Crippen molar-refractivity contribution in [3.05, 3.63) is 49.1 Å². The smallest absolute Gasteiger partial charge is 0.111 e. The molecule has 0 saturated carbocycles. The van der Waals surface area contributed by atoms with Gasteiger partial charge in [0.2, 0.25) is 0 Å². The first-order valence-corrected chi connectivity index (χ1v) is 4.65. The molecule has 2 aromatic rings. The SMILES string of the molecule is C=C(NC)c1ncccc1-n1cccn1. The summed E-state index contributed by atoms with van der Waals surface area (Å²) in [7, 11) is 1.82. The van der Waals surface area contributed by atoms with Gasteiger partial charge in [-0.25, -0.2) is 4.68 Å². The third-order valence-corrected chi connectivity index (χ3v) is 2.13. The summed E-state index contributed by atoms with van der Waals surface area (Å²) < 4.78 is 1.77. The van der Waals surface area contributed by atoms with Gasteiger partial charge in [-0.1, -0.05) is 6.58 Å². The predicted molar refractivity (Wildman–Crippen MR) is 59.5 cm³/mol. The molecule has 0 atom stereocenters. The summed E-state index contributed by atoms with van der Waals surface area (Å²) in [5, 5.41) is 7.16. The van der Waals surface area contributed by atoms with Gasteiger partial charge in [-0.3, -0.25) is 4.98 Å². The molecule has 0 bridgehead atoms. The van der Waals surface area contributed by atoms with E-state index in [9.17, 15) is 0 Å². The summed E-state index contributed by atoms with van der Waals surface area (Å²) in [4.78, 5) is 4.28. The van der Waals surface area contributed by atoms with Gasteiger partial charge in [0.1, 0.15) is 5.69 Å². The molecule has 2 aromatic heterocycles. The monoisotopic (exact) mass is 200 g/mol. The Morgan fingerprint density at radius 2 is 2.27 bits per heavy atom. The minimum Gasteiger partial charge on any atom is -0.387 e. The molecule has 0 radical (unpaired) electrons. The molecule has 0 aliphatic heterocycles. The first-order valence-electron chi connectivity index (χ1n) is 4.65. The minimum absolute atomic E-state index is 0.779. The van der Waals surface area contributed by atoms with E-state index < -0.39 is 0 Å². The highest BCUT2D eigenvalue weighted by atomic mass is 15.3. The Morgan fingerprint density at radius 1 is 1.40 bits per heavy atom. The molecular weight excluding hydrogens is 188 g/mol. The molecule has 0 unspecified atom stereocenters. The fraction of sp³-hybridized carbons (Fsp3) is 0.0909. The highest BCUT2D eigenvalue weighted by Crippen LogP contribution is 2.15. The van der Waals surface area contributed by atoms with E-state index in [1.807, 2.05) is 31.4 Å². The topological polar surface area (TPSA) is 42.7 Å². The number of nitrogens with one attached hydrogen (secondary N) is 1. The van der Waals surface area contributed by atoms with Crippen molar-refractivity contribution < 1.29 is 0 Å². The van der Waals surface area contributed by atoms with Crippen LogP contribution in [0.15, 0.2) is 43.4 Å². The molecule has 0 amide bonds. The van der Waals surface area contributed by atoms with Gasteiger partial charge in [0.15, 0.2) is 0 Å². The van der Waals surface area contributed by atoms with Crippen molar-refractivity contribution in [2.75, 3.05) is 7.05 Å². The Labute approximate surface area is 88.3 Å². The Balaban J connectivity index is 2.52. The van der Waals surface area contributed by atoms with Gasteiger partial charge in [-0.05, 0) is 18.2 Å². The molecule has 1 N–H and O–H groups in total. The second-order valence-electron chi connectivity index (χ2n) is 3.05. The van der Waals surface area contributed by atoms with E-state index in [-0.39, 0.29) is 0 Å². The van der Waals surface area contributed by atoms with E-state index in [1.165, 1.54) is 0 Å². The molecule has 0 spiro atoms. The molecule has 76 valence electrons. The molecule has 4 nitrogen and oxygen atoms in total. The Morgan fingerprint density at radius 3 is 2.93 bits per heavy atom. The van der Waals surface area contributed by atoms with E-state index >= 15 is 0 Å². The van der Waals surface area contributed by atoms with Crippen molar-refractivity contribution in [2.45, 2.75) is 0 Å². The van der Waals surface area contributed by atoms with Crippen molar-refractivity contribution in [1.29, 1.82) is 0 Å². The quantitative estimate of drug-likeness (QED) is 0.815. The van der Waals surface area contributed by atoms with Crippen molar-refractivity contribution in [2.24, 2.45) is 0 Å². The Kier molecular flexibility index (Phi) is 2.49. The van der Waals surface area contributed by atoms with E-state index in [0.29, 0.717) is 0 Å². The van der Waals surface area contributed by atoms with Crippen LogP contribution in [0.4, 0.5) is 0 Å². The highest BCUT2D eigenvalue weighted by Gasteiger charge is 2.07. The maximum atomic E-state index is 4.28. The lowest BCUT2D eigenvalue weighted by Gasteiger charge is -2.09. The zero-order chi connectivity index (χ0) is 10.7. The van der Waals surface area contributed by atoms with Gasteiger partial charge in [0.05, 0.1) is 11.4 Å². The van der Waals surface area contributed by atoms with Crippen LogP contribution in [0.3, 0.4) is 0 Å². The summed E-state index contributed by atoms with van der Waals surface area (Å²) in [6.45, 7) is 3.90. The fourth-order valence-electron chi connectivity index (χ4n) is 1.34. The van der Waals surface area contributed by atoms with Crippen LogP contribution in [-0.4, -0.2) is 21.8 Å². The molecule has 0 aromatic carbocycles. The Bertz CT molecular complexity index is 459. The first-order chi connectivity index (χ1) is 7.33. The van der Waals surface area contributed by atoms with E-state index in [2.05, 4.69) is 22.0 Å². The van der Waals surface area contributed by atoms with Crippen LogP contribution >= 0.6 is 0 Å². The molecule has 0 aliphatic carbocycles. The van der Waals surface area contributed by atoms with Crippen molar-refractivity contribution in [3.63, 3.8) is 0 Å². The van der Waals surface area contributed by atoms with Crippen LogP contribution in [0.1, 0.15) is 5.69 Å². The number of rotatable bonds is 3. The largest absolute Gasteiger partial charge is 0.387 e. The molecule has 0 saturated heterocycles. The highest BCUT2D eigenvalue weighted by molar-refractivity contribution is 5.65. The maximum Gasteiger partial charge on any atom is 0.111 e. The normalized spacial score (nSPS) is 9.93. The average Bonchev–Trinajstić information content (AvgIpc) is 2.81. The van der Waals surface area contributed by atoms with Crippen LogP contribution in [0.2, 0.25) is 0 Å². The van der Waals surface area contributed by atoms with Crippen LogP contribution in [-0.2, 0) is 0 Å². The van der Waals surface area contributed by atoms with Gasteiger partial charge in [-0.2, -0.15) is 5.10 Å². The Hall–Kier alpha value is -2.10. The number of hydrogen-bond acceptors (Lipinski definition) is 3. The van der Waals surface area contributed by atoms with Crippen molar-refractivity contribution in [1.82, 2.24) is 20.1 Å². The fourth-order valence-corrected chi connectivity index (χ4v) is 1.34. The summed E-state index contributed by atoms with van der Waals surface area (Å²) in [5.74, 6) is 0. The van der Waals surface area contributed by atoms with Crippen LogP contribution in [0, 0.1) is 0 Å². The molecule has 4 heteroatoms. The van der Waals surface area contributed by atoms with E-state index in [1.54, 1.807) is 17.1 Å². The molecule has 0 fully saturated rings. The van der Waals surface area contributed by atoms with Gasteiger partial charge in [0.25, 0.3) is 0 Å². The predicted octanol–water partition coefficient (Wildman–Crippen LogP) is 1.46. The second kappa shape index (κ2) is 3.96. The third kappa shape index (κ3) is 1.74. The summed E-state index contributed by atoms with van der Waals surface area (Å²) in [5.41, 5.74) is 2.51.